The topological polar surface area (TPSA) is 54.0 Å². The van der Waals surface area contributed by atoms with Crippen molar-refractivity contribution < 1.29 is 4.79 Å². The van der Waals surface area contributed by atoms with Crippen molar-refractivity contribution in [3.63, 3.8) is 0 Å². The predicted octanol–water partition coefficient (Wildman–Crippen LogP) is 5.30. The number of aromatic nitrogens is 1. The third-order valence-electron chi connectivity index (χ3n) is 2.66. The van der Waals surface area contributed by atoms with Crippen LogP contribution in [0.5, 0.6) is 0 Å². The number of thioether (sulfide) groups is 2. The zero-order valence-electron chi connectivity index (χ0n) is 11.7. The number of halogens is 1. The Morgan fingerprint density at radius 3 is 2.67 bits per heavy atom. The molecule has 0 fully saturated rings. The van der Waals surface area contributed by atoms with Crippen LogP contribution >= 0.6 is 51.0 Å². The summed E-state index contributed by atoms with van der Waals surface area (Å²) in [5.74, 6) is 0. The number of urea groups is 1. The third kappa shape index (κ3) is 4.15. The highest BCUT2D eigenvalue weighted by Crippen LogP contribution is 2.37. The highest BCUT2D eigenvalue weighted by atomic mass is 79.9. The van der Waals surface area contributed by atoms with Crippen LogP contribution in [0.1, 0.15) is 5.56 Å². The maximum atomic E-state index is 12.1. The first-order chi connectivity index (χ1) is 10.0. The number of anilines is 2. The second kappa shape index (κ2) is 7.53. The van der Waals surface area contributed by atoms with E-state index in [9.17, 15) is 4.79 Å². The molecular formula is C13H14BrN3OS3. The molecule has 0 aliphatic heterocycles. The summed E-state index contributed by atoms with van der Waals surface area (Å²) in [6.07, 6.45) is 3.92. The molecule has 0 saturated heterocycles. The lowest BCUT2D eigenvalue weighted by Gasteiger charge is -2.09. The molecule has 0 atom stereocenters. The van der Waals surface area contributed by atoms with Crippen molar-refractivity contribution in [1.82, 2.24) is 4.37 Å². The summed E-state index contributed by atoms with van der Waals surface area (Å²) >= 11 is 7.94. The standard InChI is InChI=1S/C13H14BrN3OS3/c1-7-6-8(4-5-9(7)14)15-13(18)16-10-11(19-2)17-21-12(10)20-3/h4-6H,1-3H3,(H2,15,16,18). The van der Waals surface area contributed by atoms with Gasteiger partial charge in [0.1, 0.15) is 14.9 Å². The largest absolute Gasteiger partial charge is 0.323 e. The first-order valence-electron chi connectivity index (χ1n) is 5.97. The molecule has 2 aromatic rings. The van der Waals surface area contributed by atoms with Crippen LogP contribution in [0.3, 0.4) is 0 Å². The van der Waals surface area contributed by atoms with Crippen molar-refractivity contribution in [2.45, 2.75) is 16.2 Å². The molecule has 2 amide bonds. The first-order valence-corrected chi connectivity index (χ1v) is 9.98. The van der Waals surface area contributed by atoms with Crippen molar-refractivity contribution in [2.75, 3.05) is 23.1 Å². The first kappa shape index (κ1) is 16.7. The molecule has 2 rings (SSSR count). The van der Waals surface area contributed by atoms with Gasteiger partial charge in [0.15, 0.2) is 0 Å². The lowest BCUT2D eigenvalue weighted by Crippen LogP contribution is -2.19. The Morgan fingerprint density at radius 1 is 1.29 bits per heavy atom. The van der Waals surface area contributed by atoms with Crippen molar-refractivity contribution in [2.24, 2.45) is 0 Å². The smallest absolute Gasteiger partial charge is 0.308 e. The summed E-state index contributed by atoms with van der Waals surface area (Å²) in [5, 5.41) is 6.57. The van der Waals surface area contributed by atoms with Gasteiger partial charge < -0.3 is 10.6 Å². The SMILES string of the molecule is CSc1nsc(SC)c1NC(=O)Nc1ccc(Br)c(C)c1. The van der Waals surface area contributed by atoms with E-state index in [0.717, 1.165) is 30.6 Å². The summed E-state index contributed by atoms with van der Waals surface area (Å²) in [6.45, 7) is 1.98. The van der Waals surface area contributed by atoms with Crippen LogP contribution in [0.15, 0.2) is 31.9 Å². The average Bonchev–Trinajstić information content (AvgIpc) is 2.84. The Morgan fingerprint density at radius 2 is 2.05 bits per heavy atom. The van der Waals surface area contributed by atoms with Gasteiger partial charge >= 0.3 is 6.03 Å². The van der Waals surface area contributed by atoms with Crippen LogP contribution in [0, 0.1) is 6.92 Å². The molecule has 8 heteroatoms. The maximum absolute atomic E-state index is 12.1. The predicted molar refractivity (Wildman–Crippen MR) is 97.2 cm³/mol. The quantitative estimate of drug-likeness (QED) is 0.679. The van der Waals surface area contributed by atoms with Gasteiger partial charge in [0, 0.05) is 10.2 Å². The summed E-state index contributed by atoms with van der Waals surface area (Å²) in [4.78, 5) is 12.1. The Hall–Kier alpha value is -0.700. The van der Waals surface area contributed by atoms with Crippen LogP contribution in [0.4, 0.5) is 16.2 Å². The number of nitrogens with one attached hydrogen (secondary N) is 2. The van der Waals surface area contributed by atoms with E-state index in [0.29, 0.717) is 0 Å². The second-order valence-electron chi connectivity index (χ2n) is 4.10. The fraction of sp³-hybridized carbons (Fsp3) is 0.231. The van der Waals surface area contributed by atoms with Gasteiger partial charge in [0.25, 0.3) is 0 Å². The number of amides is 2. The molecule has 1 heterocycles. The van der Waals surface area contributed by atoms with Gasteiger partial charge in [-0.2, -0.15) is 4.37 Å². The molecule has 1 aromatic heterocycles. The van der Waals surface area contributed by atoms with E-state index < -0.39 is 0 Å². The van der Waals surface area contributed by atoms with E-state index >= 15 is 0 Å². The Kier molecular flexibility index (Phi) is 5.98. The molecule has 0 aliphatic carbocycles. The van der Waals surface area contributed by atoms with E-state index in [2.05, 4.69) is 30.9 Å². The molecule has 0 unspecified atom stereocenters. The zero-order chi connectivity index (χ0) is 15.4. The van der Waals surface area contributed by atoms with Gasteiger partial charge in [-0.05, 0) is 54.7 Å². The van der Waals surface area contributed by atoms with Gasteiger partial charge in [-0.3, -0.25) is 0 Å². The van der Waals surface area contributed by atoms with Crippen molar-refractivity contribution in [3.8, 4) is 0 Å². The van der Waals surface area contributed by atoms with Gasteiger partial charge in [-0.1, -0.05) is 15.9 Å². The van der Waals surface area contributed by atoms with Crippen molar-refractivity contribution in [3.05, 3.63) is 28.2 Å². The number of rotatable bonds is 4. The fourth-order valence-electron chi connectivity index (χ4n) is 1.64. The number of nitrogens with zero attached hydrogens (tertiary/aromatic N) is 1. The fourth-order valence-corrected chi connectivity index (χ4v) is 4.04. The molecule has 2 N–H and O–H groups in total. The van der Waals surface area contributed by atoms with Crippen LogP contribution in [0.25, 0.3) is 0 Å². The minimum Gasteiger partial charge on any atom is -0.308 e. The molecule has 0 aliphatic rings. The summed E-state index contributed by atoms with van der Waals surface area (Å²) in [5.41, 5.74) is 2.61. The second-order valence-corrected chi connectivity index (χ2v) is 7.60. The highest BCUT2D eigenvalue weighted by molar-refractivity contribution is 9.10. The number of carbonyl (C=O) groups is 1. The molecule has 0 bridgehead atoms. The molecule has 4 nitrogen and oxygen atoms in total. The molecule has 0 radical (unpaired) electrons. The van der Waals surface area contributed by atoms with E-state index in [1.54, 1.807) is 11.8 Å². The summed E-state index contributed by atoms with van der Waals surface area (Å²) < 4.78 is 6.35. The number of benzene rings is 1. The minimum atomic E-state index is -0.262. The lowest BCUT2D eigenvalue weighted by molar-refractivity contribution is 0.262. The molecule has 0 saturated carbocycles. The minimum absolute atomic E-state index is 0.262. The molecule has 1 aromatic carbocycles. The lowest BCUT2D eigenvalue weighted by atomic mass is 10.2. The Labute approximate surface area is 144 Å². The molecule has 21 heavy (non-hydrogen) atoms. The van der Waals surface area contributed by atoms with Crippen molar-refractivity contribution >= 4 is 68.4 Å². The summed E-state index contributed by atoms with van der Waals surface area (Å²) in [7, 11) is 0. The normalized spacial score (nSPS) is 10.5. The van der Waals surface area contributed by atoms with E-state index in [4.69, 9.17) is 0 Å². The number of aryl methyl sites for hydroxylation is 1. The van der Waals surface area contributed by atoms with Gasteiger partial charge in [-0.25, -0.2) is 4.79 Å². The molecule has 112 valence electrons. The molecule has 0 spiro atoms. The van der Waals surface area contributed by atoms with Gasteiger partial charge in [0.2, 0.25) is 0 Å². The number of hydrogen-bond acceptors (Lipinski definition) is 5. The van der Waals surface area contributed by atoms with E-state index in [-0.39, 0.29) is 6.03 Å². The zero-order valence-corrected chi connectivity index (χ0v) is 15.7. The maximum Gasteiger partial charge on any atom is 0.323 e. The summed E-state index contributed by atoms with van der Waals surface area (Å²) in [6, 6.07) is 5.42. The van der Waals surface area contributed by atoms with E-state index in [1.807, 2.05) is 37.6 Å². The molecular weight excluding hydrogens is 390 g/mol. The van der Waals surface area contributed by atoms with Crippen LogP contribution in [0.2, 0.25) is 0 Å². The van der Waals surface area contributed by atoms with Gasteiger partial charge in [-0.15, -0.1) is 23.5 Å². The average molecular weight is 404 g/mol. The number of hydrogen-bond donors (Lipinski definition) is 2. The Balaban J connectivity index is 2.11. The van der Waals surface area contributed by atoms with Crippen LogP contribution < -0.4 is 10.6 Å². The van der Waals surface area contributed by atoms with Gasteiger partial charge in [0.05, 0.1) is 0 Å². The third-order valence-corrected chi connectivity index (χ3v) is 6.29. The van der Waals surface area contributed by atoms with Crippen LogP contribution in [-0.2, 0) is 0 Å². The highest BCUT2D eigenvalue weighted by Gasteiger charge is 2.15. The Bertz CT molecular complexity index is 639. The monoisotopic (exact) mass is 403 g/mol. The van der Waals surface area contributed by atoms with Crippen molar-refractivity contribution in [1.29, 1.82) is 0 Å². The van der Waals surface area contributed by atoms with Crippen LogP contribution in [-0.4, -0.2) is 22.9 Å². The number of carbonyl (C=O) groups excluding carboxylic acids is 1. The van der Waals surface area contributed by atoms with E-state index in [1.165, 1.54) is 23.3 Å².